The molecule has 3 rings (SSSR count). The van der Waals surface area contributed by atoms with E-state index in [0.29, 0.717) is 12.1 Å². The van der Waals surface area contributed by atoms with Gasteiger partial charge in [-0.1, -0.05) is 24.3 Å². The first-order chi connectivity index (χ1) is 9.65. The average Bonchev–Trinajstić information content (AvgIpc) is 2.91. The number of benzene rings is 1. The van der Waals surface area contributed by atoms with Gasteiger partial charge in [0.05, 0.1) is 15.8 Å². The predicted molar refractivity (Wildman–Crippen MR) is 83.6 cm³/mol. The van der Waals surface area contributed by atoms with Gasteiger partial charge >= 0.3 is 0 Å². The smallest absolute Gasteiger partial charge is 0.262 e. The van der Waals surface area contributed by atoms with Crippen LogP contribution in [-0.2, 0) is 6.54 Å². The average molecular weight is 285 g/mol. The molecule has 0 aliphatic heterocycles. The number of hydrogen-bond donors (Lipinski definition) is 1. The van der Waals surface area contributed by atoms with E-state index in [1.54, 1.807) is 4.57 Å². The van der Waals surface area contributed by atoms with Crippen LogP contribution < -0.4 is 5.56 Å². The van der Waals surface area contributed by atoms with Crippen LogP contribution in [0.5, 0.6) is 5.75 Å². The zero-order chi connectivity index (χ0) is 14.3. The van der Waals surface area contributed by atoms with E-state index in [-0.39, 0.29) is 11.3 Å². The monoisotopic (exact) mass is 285 g/mol. The van der Waals surface area contributed by atoms with Crippen LogP contribution in [0.15, 0.2) is 40.5 Å². The maximum absolute atomic E-state index is 12.7. The van der Waals surface area contributed by atoms with Crippen molar-refractivity contribution < 1.29 is 5.11 Å². The lowest BCUT2D eigenvalue weighted by Gasteiger charge is -2.12. The van der Waals surface area contributed by atoms with Crippen LogP contribution >= 0.6 is 11.3 Å². The van der Waals surface area contributed by atoms with E-state index < -0.39 is 0 Å². The summed E-state index contributed by atoms with van der Waals surface area (Å²) in [6, 6.07) is 9.52. The Balaban J connectivity index is 2.48. The van der Waals surface area contributed by atoms with Crippen LogP contribution in [0.3, 0.4) is 0 Å². The first-order valence-corrected chi connectivity index (χ1v) is 7.42. The first-order valence-electron chi connectivity index (χ1n) is 6.54. The molecule has 0 bridgehead atoms. The Morgan fingerprint density at radius 1 is 1.25 bits per heavy atom. The van der Waals surface area contributed by atoms with Crippen LogP contribution in [-0.4, -0.2) is 9.67 Å². The predicted octanol–water partition coefficient (Wildman–Crippen LogP) is 3.76. The third-order valence-electron chi connectivity index (χ3n) is 3.58. The number of aromatic hydroxyl groups is 1. The van der Waals surface area contributed by atoms with E-state index in [0.717, 1.165) is 21.3 Å². The molecule has 2 heterocycles. The molecule has 2 aromatic heterocycles. The maximum Gasteiger partial charge on any atom is 0.262 e. The number of aryl methyl sites for hydroxylation is 2. The summed E-state index contributed by atoms with van der Waals surface area (Å²) in [5.74, 6) is 0.0963. The van der Waals surface area contributed by atoms with Crippen molar-refractivity contribution in [2.75, 3.05) is 0 Å². The van der Waals surface area contributed by atoms with Crippen molar-refractivity contribution >= 4 is 21.6 Å². The van der Waals surface area contributed by atoms with Crippen molar-refractivity contribution in [3.05, 3.63) is 51.6 Å². The van der Waals surface area contributed by atoms with Crippen LogP contribution in [0.4, 0.5) is 0 Å². The number of hydrogen-bond acceptors (Lipinski definition) is 3. The van der Waals surface area contributed by atoms with Gasteiger partial charge in [-0.3, -0.25) is 4.79 Å². The molecule has 1 aromatic carbocycles. The summed E-state index contributed by atoms with van der Waals surface area (Å²) >= 11 is 1.46. The molecule has 0 amide bonds. The Morgan fingerprint density at radius 2 is 2.00 bits per heavy atom. The summed E-state index contributed by atoms with van der Waals surface area (Å²) in [6.45, 7) is 4.48. The van der Waals surface area contributed by atoms with Crippen molar-refractivity contribution in [3.63, 3.8) is 0 Å². The van der Waals surface area contributed by atoms with Gasteiger partial charge in [0.15, 0.2) is 0 Å². The summed E-state index contributed by atoms with van der Waals surface area (Å²) in [7, 11) is 0. The third-order valence-corrected chi connectivity index (χ3v) is 4.49. The molecule has 0 spiro atoms. The SMILES string of the molecule is CCn1c(=O)c(-c2ccccc2C)c(O)c2sccc21. The minimum atomic E-state index is -0.134. The van der Waals surface area contributed by atoms with Gasteiger partial charge in [0.25, 0.3) is 5.56 Å². The molecule has 3 aromatic rings. The van der Waals surface area contributed by atoms with Crippen molar-refractivity contribution in [1.29, 1.82) is 0 Å². The molecule has 1 N–H and O–H groups in total. The minimum Gasteiger partial charge on any atom is -0.506 e. The highest BCUT2D eigenvalue weighted by Crippen LogP contribution is 2.37. The molecule has 0 radical (unpaired) electrons. The lowest BCUT2D eigenvalue weighted by Crippen LogP contribution is -2.21. The van der Waals surface area contributed by atoms with Gasteiger partial charge in [0, 0.05) is 6.54 Å². The molecule has 20 heavy (non-hydrogen) atoms. The van der Waals surface area contributed by atoms with Gasteiger partial charge < -0.3 is 9.67 Å². The van der Waals surface area contributed by atoms with Gasteiger partial charge in [0.2, 0.25) is 0 Å². The second-order valence-electron chi connectivity index (χ2n) is 4.72. The molecule has 4 heteroatoms. The third kappa shape index (κ3) is 1.76. The summed E-state index contributed by atoms with van der Waals surface area (Å²) in [4.78, 5) is 12.7. The van der Waals surface area contributed by atoms with Crippen molar-refractivity contribution in [2.45, 2.75) is 20.4 Å². The highest BCUT2D eigenvalue weighted by atomic mass is 32.1. The van der Waals surface area contributed by atoms with Crippen LogP contribution in [0, 0.1) is 6.92 Å². The highest BCUT2D eigenvalue weighted by Gasteiger charge is 2.18. The number of aromatic nitrogens is 1. The van der Waals surface area contributed by atoms with Crippen molar-refractivity contribution in [3.8, 4) is 16.9 Å². The molecule has 0 saturated carbocycles. The first kappa shape index (κ1) is 12.9. The van der Waals surface area contributed by atoms with E-state index in [1.807, 2.05) is 49.6 Å². The fourth-order valence-corrected chi connectivity index (χ4v) is 3.41. The fraction of sp³-hybridized carbons (Fsp3) is 0.188. The largest absolute Gasteiger partial charge is 0.506 e. The number of thiophene rings is 1. The van der Waals surface area contributed by atoms with Gasteiger partial charge in [-0.2, -0.15) is 0 Å². The van der Waals surface area contributed by atoms with E-state index >= 15 is 0 Å². The second kappa shape index (κ2) is 4.80. The number of fused-ring (bicyclic) bond motifs is 1. The Morgan fingerprint density at radius 3 is 2.70 bits per heavy atom. The van der Waals surface area contributed by atoms with Crippen molar-refractivity contribution in [1.82, 2.24) is 4.57 Å². The topological polar surface area (TPSA) is 42.2 Å². The number of nitrogens with zero attached hydrogens (tertiary/aromatic N) is 1. The standard InChI is InChI=1S/C16H15NO2S/c1-3-17-12-8-9-20-15(12)14(18)13(16(17)19)11-7-5-4-6-10(11)2/h4-9,18H,3H2,1-2H3. The van der Waals surface area contributed by atoms with Gasteiger partial charge in [-0.15, -0.1) is 11.3 Å². The fourth-order valence-electron chi connectivity index (χ4n) is 2.56. The molecular formula is C16H15NO2S. The van der Waals surface area contributed by atoms with Crippen molar-refractivity contribution in [2.24, 2.45) is 0 Å². The second-order valence-corrected chi connectivity index (χ2v) is 5.64. The highest BCUT2D eigenvalue weighted by molar-refractivity contribution is 7.17. The quantitative estimate of drug-likeness (QED) is 0.779. The van der Waals surface area contributed by atoms with E-state index in [2.05, 4.69) is 0 Å². The summed E-state index contributed by atoms with van der Waals surface area (Å²) in [5.41, 5.74) is 2.85. The van der Waals surface area contributed by atoms with Gasteiger partial charge in [0.1, 0.15) is 5.75 Å². The molecule has 0 aliphatic carbocycles. The molecule has 102 valence electrons. The lowest BCUT2D eigenvalue weighted by molar-refractivity contribution is 0.482. The van der Waals surface area contributed by atoms with E-state index in [9.17, 15) is 9.90 Å². The molecular weight excluding hydrogens is 270 g/mol. The van der Waals surface area contributed by atoms with E-state index in [1.165, 1.54) is 11.3 Å². The minimum absolute atomic E-state index is 0.0963. The normalized spacial score (nSPS) is 11.1. The van der Waals surface area contributed by atoms with Gasteiger partial charge in [-0.25, -0.2) is 0 Å². The molecule has 0 atom stereocenters. The van der Waals surface area contributed by atoms with Crippen LogP contribution in [0.2, 0.25) is 0 Å². The lowest BCUT2D eigenvalue weighted by atomic mass is 10.0. The Kier molecular flexibility index (Phi) is 3.10. The Bertz CT molecular complexity index is 845. The number of pyridine rings is 1. The maximum atomic E-state index is 12.7. The number of rotatable bonds is 2. The molecule has 3 nitrogen and oxygen atoms in total. The zero-order valence-corrected chi connectivity index (χ0v) is 12.2. The molecule has 0 fully saturated rings. The Labute approximate surface area is 120 Å². The summed E-state index contributed by atoms with van der Waals surface area (Å²) in [5, 5.41) is 12.4. The molecule has 0 aliphatic rings. The van der Waals surface area contributed by atoms with E-state index in [4.69, 9.17) is 0 Å². The van der Waals surface area contributed by atoms with Crippen LogP contribution in [0.1, 0.15) is 12.5 Å². The Hall–Kier alpha value is -2.07. The summed E-state index contributed by atoms with van der Waals surface area (Å²) < 4.78 is 2.48. The summed E-state index contributed by atoms with van der Waals surface area (Å²) in [6.07, 6.45) is 0. The van der Waals surface area contributed by atoms with Gasteiger partial charge in [-0.05, 0) is 36.4 Å². The molecule has 0 saturated heterocycles. The molecule has 0 unspecified atom stereocenters. The van der Waals surface area contributed by atoms with Crippen LogP contribution in [0.25, 0.3) is 21.3 Å². The zero-order valence-electron chi connectivity index (χ0n) is 11.4.